The molecule has 1 fully saturated rings. The highest BCUT2D eigenvalue weighted by Crippen LogP contribution is 2.32. The molecule has 0 unspecified atom stereocenters. The first-order valence-electron chi connectivity index (χ1n) is 5.70. The number of carbonyl (C=O) groups is 2. The number of amides is 2. The van der Waals surface area contributed by atoms with Crippen molar-refractivity contribution in [2.75, 3.05) is 7.05 Å². The normalized spacial score (nSPS) is 20.2. The van der Waals surface area contributed by atoms with E-state index in [-0.39, 0.29) is 18.2 Å². The van der Waals surface area contributed by atoms with Crippen LogP contribution in [0.15, 0.2) is 0 Å². The molecule has 1 aliphatic rings. The molecule has 0 radical (unpaired) electrons. The fourth-order valence-corrected chi connectivity index (χ4v) is 2.08. The first-order valence-corrected chi connectivity index (χ1v) is 5.70. The second-order valence-electron chi connectivity index (χ2n) is 4.51. The van der Waals surface area contributed by atoms with Crippen molar-refractivity contribution in [1.82, 2.24) is 10.6 Å². The van der Waals surface area contributed by atoms with Crippen LogP contribution in [-0.4, -0.2) is 35.6 Å². The fraction of sp³-hybridized carbons (Fsp3) is 0.818. The summed E-state index contributed by atoms with van der Waals surface area (Å²) in [5, 5.41) is 15.0. The van der Waals surface area contributed by atoms with Gasteiger partial charge in [0.2, 0.25) is 11.8 Å². The number of aliphatic hydroxyl groups is 1. The Morgan fingerprint density at radius 1 is 1.38 bits per heavy atom. The third kappa shape index (κ3) is 3.48. The summed E-state index contributed by atoms with van der Waals surface area (Å²) in [5.41, 5.74) is -0.855. The number of carbonyl (C=O) groups excluding carboxylic acids is 2. The maximum atomic E-state index is 11.6. The number of likely N-dealkylation sites (N-methyl/N-ethyl adjacent to an activating group) is 1. The van der Waals surface area contributed by atoms with Crippen molar-refractivity contribution in [1.29, 1.82) is 0 Å². The Balaban J connectivity index is 2.38. The SMILES string of the molecule is CNC(=O)[C@@H](C)NC(=O)CC1(O)CCCC1. The summed E-state index contributed by atoms with van der Waals surface area (Å²) in [4.78, 5) is 22.8. The van der Waals surface area contributed by atoms with E-state index in [9.17, 15) is 14.7 Å². The zero-order chi connectivity index (χ0) is 12.2. The Morgan fingerprint density at radius 2 is 1.94 bits per heavy atom. The van der Waals surface area contributed by atoms with E-state index in [1.165, 1.54) is 7.05 Å². The van der Waals surface area contributed by atoms with E-state index in [1.807, 2.05) is 0 Å². The standard InChI is InChI=1S/C11H20N2O3/c1-8(10(15)12-2)13-9(14)7-11(16)5-3-4-6-11/h8,16H,3-7H2,1-2H3,(H,12,15)(H,13,14)/t8-/m1/s1. The van der Waals surface area contributed by atoms with Crippen LogP contribution in [0.5, 0.6) is 0 Å². The molecule has 5 heteroatoms. The average molecular weight is 228 g/mol. The lowest BCUT2D eigenvalue weighted by molar-refractivity contribution is -0.131. The third-order valence-electron chi connectivity index (χ3n) is 3.04. The van der Waals surface area contributed by atoms with E-state index >= 15 is 0 Å². The second kappa shape index (κ2) is 5.30. The molecule has 0 aromatic heterocycles. The van der Waals surface area contributed by atoms with Crippen molar-refractivity contribution in [3.63, 3.8) is 0 Å². The topological polar surface area (TPSA) is 78.4 Å². The Morgan fingerprint density at radius 3 is 2.44 bits per heavy atom. The summed E-state index contributed by atoms with van der Waals surface area (Å²) in [5.74, 6) is -0.493. The molecule has 0 aliphatic heterocycles. The molecular formula is C11H20N2O3. The third-order valence-corrected chi connectivity index (χ3v) is 3.04. The molecule has 1 aliphatic carbocycles. The monoisotopic (exact) mass is 228 g/mol. The summed E-state index contributed by atoms with van der Waals surface area (Å²) >= 11 is 0. The zero-order valence-electron chi connectivity index (χ0n) is 9.88. The van der Waals surface area contributed by atoms with Crippen LogP contribution in [0.4, 0.5) is 0 Å². The molecule has 1 saturated carbocycles. The van der Waals surface area contributed by atoms with Crippen LogP contribution in [0.25, 0.3) is 0 Å². The molecule has 92 valence electrons. The maximum Gasteiger partial charge on any atom is 0.242 e. The van der Waals surface area contributed by atoms with Crippen molar-refractivity contribution in [3.05, 3.63) is 0 Å². The molecule has 0 spiro atoms. The molecule has 1 rings (SSSR count). The number of rotatable bonds is 4. The minimum atomic E-state index is -0.855. The lowest BCUT2D eigenvalue weighted by Crippen LogP contribution is -2.45. The van der Waals surface area contributed by atoms with Gasteiger partial charge in [-0.25, -0.2) is 0 Å². The number of hydrogen-bond acceptors (Lipinski definition) is 3. The Hall–Kier alpha value is -1.10. The molecular weight excluding hydrogens is 208 g/mol. The number of hydrogen-bond donors (Lipinski definition) is 3. The molecule has 0 aromatic rings. The summed E-state index contributed by atoms with van der Waals surface area (Å²) in [6.45, 7) is 1.62. The zero-order valence-corrected chi connectivity index (χ0v) is 9.88. The van der Waals surface area contributed by atoms with E-state index < -0.39 is 11.6 Å². The van der Waals surface area contributed by atoms with Gasteiger partial charge in [-0.15, -0.1) is 0 Å². The molecule has 16 heavy (non-hydrogen) atoms. The number of nitrogens with one attached hydrogen (secondary N) is 2. The van der Waals surface area contributed by atoms with E-state index in [0.717, 1.165) is 12.8 Å². The molecule has 0 aromatic carbocycles. The minimum Gasteiger partial charge on any atom is -0.389 e. The summed E-state index contributed by atoms with van der Waals surface area (Å²) in [7, 11) is 1.52. The highest BCUT2D eigenvalue weighted by Gasteiger charge is 2.33. The van der Waals surface area contributed by atoms with Crippen LogP contribution in [0, 0.1) is 0 Å². The fourth-order valence-electron chi connectivity index (χ4n) is 2.08. The molecule has 5 nitrogen and oxygen atoms in total. The molecule has 0 heterocycles. The summed E-state index contributed by atoms with van der Waals surface area (Å²) in [6, 6.07) is -0.553. The summed E-state index contributed by atoms with van der Waals surface area (Å²) in [6.07, 6.45) is 3.38. The van der Waals surface area contributed by atoms with Crippen LogP contribution >= 0.6 is 0 Å². The molecule has 0 saturated heterocycles. The van der Waals surface area contributed by atoms with Gasteiger partial charge in [0.15, 0.2) is 0 Å². The summed E-state index contributed by atoms with van der Waals surface area (Å²) < 4.78 is 0. The largest absolute Gasteiger partial charge is 0.389 e. The Bertz CT molecular complexity index is 272. The predicted molar refractivity (Wildman–Crippen MR) is 59.7 cm³/mol. The van der Waals surface area contributed by atoms with Gasteiger partial charge in [0.05, 0.1) is 12.0 Å². The van der Waals surface area contributed by atoms with Crippen molar-refractivity contribution >= 4 is 11.8 Å². The average Bonchev–Trinajstić information content (AvgIpc) is 2.62. The van der Waals surface area contributed by atoms with E-state index in [0.29, 0.717) is 12.8 Å². The minimum absolute atomic E-state index is 0.0916. The van der Waals surface area contributed by atoms with Gasteiger partial charge in [-0.3, -0.25) is 9.59 Å². The smallest absolute Gasteiger partial charge is 0.242 e. The van der Waals surface area contributed by atoms with E-state index in [4.69, 9.17) is 0 Å². The van der Waals surface area contributed by atoms with Crippen molar-refractivity contribution in [2.24, 2.45) is 0 Å². The van der Waals surface area contributed by atoms with Crippen molar-refractivity contribution in [3.8, 4) is 0 Å². The Kier molecular flexibility index (Phi) is 4.29. The van der Waals surface area contributed by atoms with Gasteiger partial charge in [-0.2, -0.15) is 0 Å². The second-order valence-corrected chi connectivity index (χ2v) is 4.51. The van der Waals surface area contributed by atoms with E-state index in [2.05, 4.69) is 10.6 Å². The quantitative estimate of drug-likeness (QED) is 0.630. The Labute approximate surface area is 95.6 Å². The van der Waals surface area contributed by atoms with Gasteiger partial charge < -0.3 is 15.7 Å². The predicted octanol–water partition coefficient (Wildman–Crippen LogP) is -0.0677. The van der Waals surface area contributed by atoms with Crippen molar-refractivity contribution < 1.29 is 14.7 Å². The van der Waals surface area contributed by atoms with Gasteiger partial charge >= 0.3 is 0 Å². The lowest BCUT2D eigenvalue weighted by atomic mass is 9.97. The van der Waals surface area contributed by atoms with Crippen LogP contribution < -0.4 is 10.6 Å². The first-order chi connectivity index (χ1) is 7.47. The van der Waals surface area contributed by atoms with Gasteiger partial charge in [0.1, 0.15) is 6.04 Å². The maximum absolute atomic E-state index is 11.6. The first kappa shape index (κ1) is 13.0. The molecule has 1 atom stereocenters. The highest BCUT2D eigenvalue weighted by atomic mass is 16.3. The molecule has 3 N–H and O–H groups in total. The van der Waals surface area contributed by atoms with Crippen LogP contribution in [0.1, 0.15) is 39.0 Å². The van der Waals surface area contributed by atoms with Gasteiger partial charge in [-0.05, 0) is 19.8 Å². The van der Waals surface area contributed by atoms with Crippen LogP contribution in [0.3, 0.4) is 0 Å². The van der Waals surface area contributed by atoms with E-state index in [1.54, 1.807) is 6.92 Å². The highest BCUT2D eigenvalue weighted by molar-refractivity contribution is 5.87. The lowest BCUT2D eigenvalue weighted by Gasteiger charge is -2.22. The van der Waals surface area contributed by atoms with Gasteiger partial charge in [0.25, 0.3) is 0 Å². The molecule has 0 bridgehead atoms. The molecule has 2 amide bonds. The van der Waals surface area contributed by atoms with Crippen LogP contribution in [0.2, 0.25) is 0 Å². The van der Waals surface area contributed by atoms with Crippen LogP contribution in [-0.2, 0) is 9.59 Å². The van der Waals surface area contributed by atoms with Crippen molar-refractivity contribution in [2.45, 2.75) is 50.7 Å². The van der Waals surface area contributed by atoms with Gasteiger partial charge in [-0.1, -0.05) is 12.8 Å². The van der Waals surface area contributed by atoms with Gasteiger partial charge in [0, 0.05) is 7.05 Å².